The summed E-state index contributed by atoms with van der Waals surface area (Å²) in [6.07, 6.45) is 0.903. The summed E-state index contributed by atoms with van der Waals surface area (Å²) in [7, 11) is 0. The molecule has 0 bridgehead atoms. The Labute approximate surface area is 197 Å². The fourth-order valence-corrected chi connectivity index (χ4v) is 4.56. The smallest absolute Gasteiger partial charge is 0.335 e. The van der Waals surface area contributed by atoms with Crippen LogP contribution in [0.25, 0.3) is 0 Å². The van der Waals surface area contributed by atoms with Crippen molar-refractivity contribution < 1.29 is 19.5 Å². The van der Waals surface area contributed by atoms with Crippen LogP contribution in [-0.4, -0.2) is 29.7 Å². The van der Waals surface area contributed by atoms with Gasteiger partial charge in [-0.1, -0.05) is 60.7 Å². The zero-order chi connectivity index (χ0) is 23.8. The predicted molar refractivity (Wildman–Crippen MR) is 133 cm³/mol. The molecule has 0 heterocycles. The summed E-state index contributed by atoms with van der Waals surface area (Å²) in [5, 5.41) is 9.68. The summed E-state index contributed by atoms with van der Waals surface area (Å²) in [4.78, 5) is 13.3. The van der Waals surface area contributed by atoms with Crippen molar-refractivity contribution >= 4 is 5.97 Å². The van der Waals surface area contributed by atoms with E-state index in [2.05, 4.69) is 39.8 Å². The van der Waals surface area contributed by atoms with E-state index < -0.39 is 5.97 Å². The maximum Gasteiger partial charge on any atom is 0.335 e. The maximum atomic E-state index is 11.8. The molecule has 3 aromatic carbocycles. The van der Waals surface area contributed by atoms with Gasteiger partial charge in [0.2, 0.25) is 0 Å². The number of aromatic carboxylic acids is 1. The maximum absolute atomic E-state index is 11.8. The Balaban J connectivity index is 1.99. The fourth-order valence-electron chi connectivity index (χ4n) is 4.56. The molecule has 0 aliphatic rings. The zero-order valence-electron chi connectivity index (χ0n) is 20.1. The summed E-state index contributed by atoms with van der Waals surface area (Å²) in [5.41, 5.74) is 3.48. The molecule has 1 atom stereocenters. The molecule has 0 aromatic heterocycles. The van der Waals surface area contributed by atoms with Crippen LogP contribution in [0.2, 0.25) is 0 Å². The monoisotopic (exact) mass is 446 g/mol. The van der Waals surface area contributed by atoms with Gasteiger partial charge in [0, 0.05) is 17.9 Å². The van der Waals surface area contributed by atoms with Crippen molar-refractivity contribution in [2.75, 3.05) is 6.54 Å². The molecule has 0 unspecified atom stereocenters. The highest BCUT2D eigenvalue weighted by Gasteiger charge is 2.25. The van der Waals surface area contributed by atoms with Gasteiger partial charge in [-0.3, -0.25) is 0 Å². The highest BCUT2D eigenvalue weighted by molar-refractivity contribution is 5.88. The Kier molecular flexibility index (Phi) is 8.67. The first-order chi connectivity index (χ1) is 15.9. The minimum Gasteiger partial charge on any atom is -0.489 e. The molecule has 2 N–H and O–H groups in total. The molecule has 0 saturated carbocycles. The number of benzene rings is 3. The number of carboxylic acids is 1. The number of hydrogen-bond acceptors (Lipinski definition) is 2. The van der Waals surface area contributed by atoms with E-state index >= 15 is 0 Å². The van der Waals surface area contributed by atoms with Crippen LogP contribution in [0.4, 0.5) is 0 Å². The van der Waals surface area contributed by atoms with E-state index in [0.717, 1.165) is 29.8 Å². The minimum absolute atomic E-state index is 0.0452. The summed E-state index contributed by atoms with van der Waals surface area (Å²) in [6.45, 7) is 10.5. The van der Waals surface area contributed by atoms with Gasteiger partial charge in [-0.25, -0.2) is 4.79 Å². The van der Waals surface area contributed by atoms with E-state index in [1.54, 1.807) is 12.1 Å². The molecule has 174 valence electrons. The minimum atomic E-state index is -0.922. The number of rotatable bonds is 11. The van der Waals surface area contributed by atoms with Crippen molar-refractivity contribution in [1.29, 1.82) is 0 Å². The summed E-state index contributed by atoms with van der Waals surface area (Å²) >= 11 is 0. The molecule has 4 nitrogen and oxygen atoms in total. The normalized spacial score (nSPS) is 12.3. The largest absolute Gasteiger partial charge is 0.489 e. The molecular formula is C29H36NO3+. The molecular weight excluding hydrogens is 410 g/mol. The molecule has 3 aromatic rings. The third kappa shape index (κ3) is 6.69. The molecule has 0 spiro atoms. The molecule has 0 aliphatic heterocycles. The lowest BCUT2D eigenvalue weighted by Gasteiger charge is -2.30. The number of ether oxygens (including phenoxy) is 1. The van der Waals surface area contributed by atoms with Gasteiger partial charge in [0.05, 0.1) is 24.2 Å². The second-order valence-electron chi connectivity index (χ2n) is 9.22. The van der Waals surface area contributed by atoms with Gasteiger partial charge in [-0.05, 0) is 57.0 Å². The molecule has 3 rings (SSSR count). The molecule has 0 amide bonds. The van der Waals surface area contributed by atoms with E-state index in [1.807, 2.05) is 54.6 Å². The molecule has 0 fully saturated rings. The number of nitrogens with one attached hydrogen (secondary N) is 1. The van der Waals surface area contributed by atoms with Gasteiger partial charge in [-0.15, -0.1) is 0 Å². The summed E-state index contributed by atoms with van der Waals surface area (Å²) in [5.74, 6) is -0.133. The number of carboxylic acid groups (broad SMARTS) is 1. The van der Waals surface area contributed by atoms with Crippen LogP contribution >= 0.6 is 0 Å². The number of carbonyl (C=O) groups is 1. The Morgan fingerprint density at radius 2 is 1.48 bits per heavy atom. The standard InChI is InChI=1S/C29H35NO3/c1-21(2)30(22(3)4)18-17-26(24-13-9-6-10-14-24)27-19-25(29(31)32)15-16-28(27)33-20-23-11-7-5-8-12-23/h5-16,19,21-22,26H,17-18,20H2,1-4H3,(H,31,32)/p+1/t26-/m1/s1. The van der Waals surface area contributed by atoms with Crippen molar-refractivity contribution in [1.82, 2.24) is 0 Å². The average molecular weight is 447 g/mol. The highest BCUT2D eigenvalue weighted by Crippen LogP contribution is 2.35. The molecule has 4 heteroatoms. The molecule has 0 aliphatic carbocycles. The second-order valence-corrected chi connectivity index (χ2v) is 9.22. The van der Waals surface area contributed by atoms with Crippen LogP contribution in [0.3, 0.4) is 0 Å². The third-order valence-corrected chi connectivity index (χ3v) is 6.28. The Bertz CT molecular complexity index is 1010. The van der Waals surface area contributed by atoms with Crippen molar-refractivity contribution in [3.63, 3.8) is 0 Å². The van der Waals surface area contributed by atoms with Crippen molar-refractivity contribution in [3.8, 4) is 5.75 Å². The summed E-state index contributed by atoms with van der Waals surface area (Å²) in [6, 6.07) is 26.7. The molecule has 0 radical (unpaired) electrons. The predicted octanol–water partition coefficient (Wildman–Crippen LogP) is 5.19. The first-order valence-corrected chi connectivity index (χ1v) is 11.8. The Morgan fingerprint density at radius 3 is 2.06 bits per heavy atom. The zero-order valence-corrected chi connectivity index (χ0v) is 20.1. The van der Waals surface area contributed by atoms with Crippen LogP contribution in [0, 0.1) is 0 Å². The number of hydrogen-bond donors (Lipinski definition) is 2. The first kappa shape index (κ1) is 24.5. The van der Waals surface area contributed by atoms with Gasteiger partial charge in [0.15, 0.2) is 0 Å². The van der Waals surface area contributed by atoms with Crippen LogP contribution in [0.5, 0.6) is 5.75 Å². The van der Waals surface area contributed by atoms with E-state index in [1.165, 1.54) is 10.5 Å². The third-order valence-electron chi connectivity index (χ3n) is 6.28. The molecule has 0 saturated heterocycles. The van der Waals surface area contributed by atoms with E-state index in [9.17, 15) is 9.90 Å². The van der Waals surface area contributed by atoms with E-state index in [4.69, 9.17) is 4.74 Å². The van der Waals surface area contributed by atoms with Crippen LogP contribution in [0.15, 0.2) is 78.9 Å². The van der Waals surface area contributed by atoms with Crippen LogP contribution < -0.4 is 9.64 Å². The SMILES string of the molecule is CC(C)[NH+](CC[C@H](c1ccccc1)c1cc(C(=O)O)ccc1OCc1ccccc1)C(C)C. The number of quaternary nitrogens is 1. The second kappa shape index (κ2) is 11.7. The van der Waals surface area contributed by atoms with Crippen LogP contribution in [-0.2, 0) is 6.61 Å². The lowest BCUT2D eigenvalue weighted by atomic mass is 9.86. The Hall–Kier alpha value is -3.11. The lowest BCUT2D eigenvalue weighted by Crippen LogP contribution is -3.17. The quantitative estimate of drug-likeness (QED) is 0.426. The highest BCUT2D eigenvalue weighted by atomic mass is 16.5. The van der Waals surface area contributed by atoms with Gasteiger partial charge < -0.3 is 14.7 Å². The first-order valence-electron chi connectivity index (χ1n) is 11.8. The van der Waals surface area contributed by atoms with Crippen molar-refractivity contribution in [3.05, 3.63) is 101 Å². The van der Waals surface area contributed by atoms with Gasteiger partial charge in [-0.2, -0.15) is 0 Å². The van der Waals surface area contributed by atoms with E-state index in [-0.39, 0.29) is 11.5 Å². The fraction of sp³-hybridized carbons (Fsp3) is 0.345. The van der Waals surface area contributed by atoms with Crippen LogP contribution in [0.1, 0.15) is 67.1 Å². The van der Waals surface area contributed by atoms with Gasteiger partial charge in [0.25, 0.3) is 0 Å². The topological polar surface area (TPSA) is 51.0 Å². The summed E-state index contributed by atoms with van der Waals surface area (Å²) < 4.78 is 6.26. The Morgan fingerprint density at radius 1 is 0.879 bits per heavy atom. The van der Waals surface area contributed by atoms with Gasteiger partial charge >= 0.3 is 5.97 Å². The average Bonchev–Trinajstić information content (AvgIpc) is 2.81. The lowest BCUT2D eigenvalue weighted by molar-refractivity contribution is -0.942. The van der Waals surface area contributed by atoms with Crippen molar-refractivity contribution in [2.45, 2.75) is 58.7 Å². The van der Waals surface area contributed by atoms with E-state index in [0.29, 0.717) is 18.7 Å². The van der Waals surface area contributed by atoms with Crippen molar-refractivity contribution in [2.24, 2.45) is 0 Å². The molecule has 33 heavy (non-hydrogen) atoms. The van der Waals surface area contributed by atoms with Gasteiger partial charge in [0.1, 0.15) is 12.4 Å².